The van der Waals surface area contributed by atoms with Crippen LogP contribution in [0.1, 0.15) is 29.0 Å². The molecule has 3 rings (SSSR count). The van der Waals surface area contributed by atoms with Crippen molar-refractivity contribution in [3.8, 4) is 0 Å². The highest BCUT2D eigenvalue weighted by Crippen LogP contribution is 2.16. The minimum Gasteiger partial charge on any atom is -0.451 e. The van der Waals surface area contributed by atoms with Gasteiger partial charge in [-0.1, -0.05) is 35.9 Å². The fourth-order valence-corrected chi connectivity index (χ4v) is 2.76. The van der Waals surface area contributed by atoms with Crippen LogP contribution in [-0.4, -0.2) is 23.5 Å². The smallest absolute Gasteiger partial charge is 0.355 e. The molecule has 138 valence electrons. The number of hydrogen-bond donors (Lipinski definition) is 2. The van der Waals surface area contributed by atoms with Gasteiger partial charge in [0.1, 0.15) is 5.69 Å². The highest BCUT2D eigenvalue weighted by Gasteiger charge is 2.15. The third-order valence-electron chi connectivity index (χ3n) is 4.04. The van der Waals surface area contributed by atoms with Gasteiger partial charge in [-0.2, -0.15) is 0 Å². The summed E-state index contributed by atoms with van der Waals surface area (Å²) < 4.78 is 5.01. The van der Waals surface area contributed by atoms with Gasteiger partial charge in [0.2, 0.25) is 0 Å². The highest BCUT2D eigenvalue weighted by atomic mass is 35.5. The SMILES string of the molecule is C[C@@H](NC(=O)COC(=O)c1cc(=O)c2ccccc2[nH]1)c1ccc(Cl)cc1. The van der Waals surface area contributed by atoms with Gasteiger partial charge in [-0.05, 0) is 36.8 Å². The summed E-state index contributed by atoms with van der Waals surface area (Å²) in [4.78, 5) is 39.1. The molecule has 0 bridgehead atoms. The zero-order valence-electron chi connectivity index (χ0n) is 14.5. The predicted molar refractivity (Wildman–Crippen MR) is 103 cm³/mol. The Hall–Kier alpha value is -3.12. The number of carbonyl (C=O) groups excluding carboxylic acids is 2. The van der Waals surface area contributed by atoms with E-state index in [1.54, 1.807) is 48.5 Å². The van der Waals surface area contributed by atoms with E-state index < -0.39 is 18.5 Å². The van der Waals surface area contributed by atoms with E-state index in [1.165, 1.54) is 6.07 Å². The van der Waals surface area contributed by atoms with Crippen molar-refractivity contribution in [1.29, 1.82) is 0 Å². The summed E-state index contributed by atoms with van der Waals surface area (Å²) in [6, 6.07) is 14.8. The Balaban J connectivity index is 1.61. The third kappa shape index (κ3) is 4.54. The number of benzene rings is 2. The molecule has 0 aliphatic rings. The van der Waals surface area contributed by atoms with Gasteiger partial charge in [0.15, 0.2) is 12.0 Å². The second-order valence-corrected chi connectivity index (χ2v) is 6.45. The van der Waals surface area contributed by atoms with Crippen LogP contribution in [0, 0.1) is 0 Å². The highest BCUT2D eigenvalue weighted by molar-refractivity contribution is 6.30. The molecule has 0 saturated heterocycles. The minimum atomic E-state index is -0.771. The van der Waals surface area contributed by atoms with Gasteiger partial charge >= 0.3 is 5.97 Å². The molecule has 1 aromatic heterocycles. The number of para-hydroxylation sites is 1. The Bertz CT molecular complexity index is 1040. The predicted octanol–water partition coefficient (Wildman–Crippen LogP) is 3.22. The van der Waals surface area contributed by atoms with Gasteiger partial charge in [0.05, 0.1) is 6.04 Å². The largest absolute Gasteiger partial charge is 0.451 e. The van der Waals surface area contributed by atoms with Crippen LogP contribution in [0.5, 0.6) is 0 Å². The molecular formula is C20H17ClN2O4. The van der Waals surface area contributed by atoms with Crippen LogP contribution < -0.4 is 10.7 Å². The lowest BCUT2D eigenvalue weighted by Gasteiger charge is -2.14. The van der Waals surface area contributed by atoms with Crippen LogP contribution in [-0.2, 0) is 9.53 Å². The van der Waals surface area contributed by atoms with E-state index >= 15 is 0 Å². The number of H-pyrrole nitrogens is 1. The molecule has 2 N–H and O–H groups in total. The first kappa shape index (κ1) is 18.7. The van der Waals surface area contributed by atoms with Crippen molar-refractivity contribution >= 4 is 34.4 Å². The van der Waals surface area contributed by atoms with Crippen LogP contribution in [0.25, 0.3) is 10.9 Å². The summed E-state index contributed by atoms with van der Waals surface area (Å²) in [7, 11) is 0. The number of carbonyl (C=O) groups is 2. The second-order valence-electron chi connectivity index (χ2n) is 6.01. The van der Waals surface area contributed by atoms with E-state index in [1.807, 2.05) is 6.92 Å². The monoisotopic (exact) mass is 384 g/mol. The zero-order chi connectivity index (χ0) is 19.4. The number of ether oxygens (including phenoxy) is 1. The molecule has 1 amide bonds. The first-order valence-electron chi connectivity index (χ1n) is 8.28. The van der Waals surface area contributed by atoms with Crippen molar-refractivity contribution in [3.63, 3.8) is 0 Å². The number of pyridine rings is 1. The van der Waals surface area contributed by atoms with Gasteiger partial charge in [-0.3, -0.25) is 9.59 Å². The Labute approximate surface area is 160 Å². The van der Waals surface area contributed by atoms with E-state index in [2.05, 4.69) is 10.3 Å². The molecule has 3 aromatic rings. The van der Waals surface area contributed by atoms with Gasteiger partial charge in [0.25, 0.3) is 5.91 Å². The number of esters is 1. The first-order valence-corrected chi connectivity index (χ1v) is 8.66. The van der Waals surface area contributed by atoms with Crippen molar-refractivity contribution in [2.75, 3.05) is 6.61 Å². The maximum absolute atomic E-state index is 12.2. The summed E-state index contributed by atoms with van der Waals surface area (Å²) in [5, 5.41) is 3.81. The molecule has 0 fully saturated rings. The number of halogens is 1. The van der Waals surface area contributed by atoms with Crippen LogP contribution in [0.15, 0.2) is 59.4 Å². The van der Waals surface area contributed by atoms with E-state index in [0.717, 1.165) is 5.56 Å². The minimum absolute atomic E-state index is 0.00255. The standard InChI is InChI=1S/C20H17ClN2O4/c1-12(13-6-8-14(21)9-7-13)22-19(25)11-27-20(26)17-10-18(24)15-4-2-3-5-16(15)23-17/h2-10,12H,11H2,1H3,(H,22,25)(H,23,24)/t12-/m1/s1. The number of nitrogens with one attached hydrogen (secondary N) is 2. The van der Waals surface area contributed by atoms with Gasteiger partial charge in [0, 0.05) is 22.0 Å². The van der Waals surface area contributed by atoms with Crippen LogP contribution in [0.2, 0.25) is 5.02 Å². The Morgan fingerprint density at radius 1 is 1.15 bits per heavy atom. The summed E-state index contributed by atoms with van der Waals surface area (Å²) in [6.45, 7) is 1.36. The van der Waals surface area contributed by atoms with Gasteiger partial charge < -0.3 is 15.0 Å². The number of aromatic nitrogens is 1. The molecule has 0 aliphatic carbocycles. The normalized spacial score (nSPS) is 11.8. The Morgan fingerprint density at radius 3 is 2.59 bits per heavy atom. The van der Waals surface area contributed by atoms with Crippen molar-refractivity contribution in [2.45, 2.75) is 13.0 Å². The maximum atomic E-state index is 12.2. The lowest BCUT2D eigenvalue weighted by Crippen LogP contribution is -2.31. The van der Waals surface area contributed by atoms with Crippen LogP contribution in [0.3, 0.4) is 0 Å². The lowest BCUT2D eigenvalue weighted by atomic mass is 10.1. The topological polar surface area (TPSA) is 88.3 Å². The van der Waals surface area contributed by atoms with Crippen molar-refractivity contribution in [1.82, 2.24) is 10.3 Å². The van der Waals surface area contributed by atoms with Crippen molar-refractivity contribution in [3.05, 3.63) is 81.1 Å². The molecule has 0 spiro atoms. The summed E-state index contributed by atoms with van der Waals surface area (Å²) in [5.41, 5.74) is 1.10. The molecule has 1 heterocycles. The van der Waals surface area contributed by atoms with E-state index in [4.69, 9.17) is 16.3 Å². The second kappa shape index (κ2) is 8.05. The fourth-order valence-electron chi connectivity index (χ4n) is 2.63. The number of rotatable bonds is 5. The van der Waals surface area contributed by atoms with Gasteiger partial charge in [-0.25, -0.2) is 4.79 Å². The Kier molecular flexibility index (Phi) is 5.57. The quantitative estimate of drug-likeness (QED) is 0.661. The zero-order valence-corrected chi connectivity index (χ0v) is 15.2. The molecule has 0 aliphatic heterocycles. The van der Waals surface area contributed by atoms with E-state index in [9.17, 15) is 14.4 Å². The summed E-state index contributed by atoms with van der Waals surface area (Å²) in [5.74, 6) is -1.22. The molecule has 27 heavy (non-hydrogen) atoms. The Morgan fingerprint density at radius 2 is 1.85 bits per heavy atom. The third-order valence-corrected chi connectivity index (χ3v) is 4.29. The molecule has 0 unspecified atom stereocenters. The number of aromatic amines is 1. The first-order chi connectivity index (χ1) is 12.9. The fraction of sp³-hybridized carbons (Fsp3) is 0.150. The molecule has 6 nitrogen and oxygen atoms in total. The van der Waals surface area contributed by atoms with Gasteiger partial charge in [-0.15, -0.1) is 0 Å². The van der Waals surface area contributed by atoms with Crippen LogP contribution >= 0.6 is 11.6 Å². The summed E-state index contributed by atoms with van der Waals surface area (Å²) >= 11 is 5.84. The number of hydrogen-bond acceptors (Lipinski definition) is 4. The summed E-state index contributed by atoms with van der Waals surface area (Å²) in [6.07, 6.45) is 0. The lowest BCUT2D eigenvalue weighted by molar-refractivity contribution is -0.124. The molecule has 2 aromatic carbocycles. The molecule has 0 radical (unpaired) electrons. The van der Waals surface area contributed by atoms with Crippen LogP contribution in [0.4, 0.5) is 0 Å². The van der Waals surface area contributed by atoms with Crippen molar-refractivity contribution in [2.24, 2.45) is 0 Å². The molecule has 1 atom stereocenters. The molecule has 7 heteroatoms. The maximum Gasteiger partial charge on any atom is 0.355 e. The van der Waals surface area contributed by atoms with E-state index in [-0.39, 0.29) is 17.2 Å². The number of amides is 1. The average Bonchev–Trinajstić information content (AvgIpc) is 2.66. The number of fused-ring (bicyclic) bond motifs is 1. The average molecular weight is 385 g/mol. The van der Waals surface area contributed by atoms with Crippen molar-refractivity contribution < 1.29 is 14.3 Å². The molecular weight excluding hydrogens is 368 g/mol. The van der Waals surface area contributed by atoms with E-state index in [0.29, 0.717) is 15.9 Å². The molecule has 0 saturated carbocycles.